The first kappa shape index (κ1) is 8.69. The smallest absolute Gasteiger partial charge is 0.171 e. The van der Waals surface area contributed by atoms with Gasteiger partial charge in [-0.3, -0.25) is 0 Å². The van der Waals surface area contributed by atoms with Crippen molar-refractivity contribution in [2.45, 2.75) is 12.6 Å². The number of hydrogen-bond acceptors (Lipinski definition) is 3. The lowest BCUT2D eigenvalue weighted by Crippen LogP contribution is -2.21. The molecule has 70 valence electrons. The molecule has 1 aliphatic heterocycles. The van der Waals surface area contributed by atoms with Gasteiger partial charge in [0.25, 0.3) is 0 Å². The van der Waals surface area contributed by atoms with Gasteiger partial charge in [0.15, 0.2) is 11.0 Å². The summed E-state index contributed by atoms with van der Waals surface area (Å²) in [4.78, 5) is 9.77. The van der Waals surface area contributed by atoms with Crippen molar-refractivity contribution in [2.75, 3.05) is 18.0 Å². The summed E-state index contributed by atoms with van der Waals surface area (Å²) >= 11 is 5.81. The van der Waals surface area contributed by atoms with E-state index < -0.39 is 6.17 Å². The molecule has 1 aromatic heterocycles. The molecule has 0 radical (unpaired) electrons. The Kier molecular flexibility index (Phi) is 2.31. The van der Waals surface area contributed by atoms with E-state index in [1.165, 1.54) is 6.20 Å². The van der Waals surface area contributed by atoms with Gasteiger partial charge in [0.05, 0.1) is 6.54 Å². The Morgan fingerprint density at radius 3 is 2.85 bits per heavy atom. The van der Waals surface area contributed by atoms with Gasteiger partial charge in [-0.2, -0.15) is 0 Å². The van der Waals surface area contributed by atoms with Gasteiger partial charge in [0, 0.05) is 18.9 Å². The van der Waals surface area contributed by atoms with E-state index in [2.05, 4.69) is 9.97 Å². The third-order valence-corrected chi connectivity index (χ3v) is 2.33. The van der Waals surface area contributed by atoms with Gasteiger partial charge in [-0.1, -0.05) is 11.6 Å². The molecule has 2 rings (SSSR count). The molecule has 1 aromatic rings. The normalized spacial score (nSPS) is 22.3. The fourth-order valence-corrected chi connectivity index (χ4v) is 1.66. The predicted octanol–water partition coefficient (Wildman–Crippen LogP) is 1.68. The highest BCUT2D eigenvalue weighted by molar-refractivity contribution is 6.31. The molecule has 2 heterocycles. The Bertz CT molecular complexity index is 307. The van der Waals surface area contributed by atoms with Gasteiger partial charge in [0.1, 0.15) is 6.17 Å². The lowest BCUT2D eigenvalue weighted by atomic mass is 10.3. The maximum Gasteiger partial charge on any atom is 0.171 e. The first-order chi connectivity index (χ1) is 6.27. The highest BCUT2D eigenvalue weighted by Crippen LogP contribution is 2.24. The molecular formula is C8H9ClFN3. The average Bonchev–Trinajstić information content (AvgIpc) is 2.53. The maximum absolute atomic E-state index is 12.9. The first-order valence-electron chi connectivity index (χ1n) is 4.13. The fourth-order valence-electron chi connectivity index (χ4n) is 1.44. The molecule has 3 nitrogen and oxygen atoms in total. The summed E-state index contributed by atoms with van der Waals surface area (Å²) < 4.78 is 12.9. The van der Waals surface area contributed by atoms with Crippen LogP contribution in [0.1, 0.15) is 6.42 Å². The maximum atomic E-state index is 12.9. The molecule has 0 bridgehead atoms. The summed E-state index contributed by atoms with van der Waals surface area (Å²) in [5.74, 6) is 0.587. The van der Waals surface area contributed by atoms with Crippen molar-refractivity contribution in [1.82, 2.24) is 9.97 Å². The van der Waals surface area contributed by atoms with Gasteiger partial charge in [-0.15, -0.1) is 0 Å². The summed E-state index contributed by atoms with van der Waals surface area (Å²) in [5, 5.41) is 0.344. The summed E-state index contributed by atoms with van der Waals surface area (Å²) in [6.07, 6.45) is 2.87. The number of nitrogens with zero attached hydrogens (tertiary/aromatic N) is 3. The lowest BCUT2D eigenvalue weighted by Gasteiger charge is -2.16. The molecule has 0 N–H and O–H groups in total. The van der Waals surface area contributed by atoms with E-state index in [1.807, 2.05) is 4.90 Å². The molecule has 1 fully saturated rings. The van der Waals surface area contributed by atoms with E-state index in [0.717, 1.165) is 0 Å². The number of rotatable bonds is 1. The molecule has 0 unspecified atom stereocenters. The van der Waals surface area contributed by atoms with Gasteiger partial charge in [0.2, 0.25) is 0 Å². The third kappa shape index (κ3) is 1.72. The number of anilines is 1. The molecule has 0 amide bonds. The molecule has 1 atom stereocenters. The Morgan fingerprint density at radius 1 is 1.46 bits per heavy atom. The SMILES string of the molecule is F[C@@H]1CCN(c2nccnc2Cl)C1. The van der Waals surface area contributed by atoms with Crippen LogP contribution in [0, 0.1) is 0 Å². The molecule has 13 heavy (non-hydrogen) atoms. The second-order valence-corrected chi connectivity index (χ2v) is 3.36. The molecule has 0 aromatic carbocycles. The zero-order valence-corrected chi connectivity index (χ0v) is 7.71. The highest BCUT2D eigenvalue weighted by Gasteiger charge is 2.24. The van der Waals surface area contributed by atoms with Crippen molar-refractivity contribution >= 4 is 17.4 Å². The van der Waals surface area contributed by atoms with Crippen LogP contribution < -0.4 is 4.90 Å². The third-order valence-electron chi connectivity index (χ3n) is 2.07. The Labute approximate surface area is 80.6 Å². The molecule has 0 saturated carbocycles. The summed E-state index contributed by atoms with van der Waals surface area (Å²) in [5.41, 5.74) is 0. The minimum absolute atomic E-state index is 0.344. The minimum Gasteiger partial charge on any atom is -0.351 e. The van der Waals surface area contributed by atoms with E-state index in [4.69, 9.17) is 11.6 Å². The topological polar surface area (TPSA) is 29.0 Å². The predicted molar refractivity (Wildman–Crippen MR) is 48.8 cm³/mol. The van der Waals surface area contributed by atoms with Gasteiger partial charge >= 0.3 is 0 Å². The van der Waals surface area contributed by atoms with Crippen molar-refractivity contribution in [3.8, 4) is 0 Å². The number of hydrogen-bond donors (Lipinski definition) is 0. The van der Waals surface area contributed by atoms with Crippen LogP contribution in [-0.2, 0) is 0 Å². The van der Waals surface area contributed by atoms with Crippen LogP contribution in [0.4, 0.5) is 10.2 Å². The van der Waals surface area contributed by atoms with Crippen molar-refractivity contribution in [3.63, 3.8) is 0 Å². The van der Waals surface area contributed by atoms with Crippen LogP contribution in [0.25, 0.3) is 0 Å². The second-order valence-electron chi connectivity index (χ2n) is 3.00. The molecular weight excluding hydrogens is 193 g/mol. The Morgan fingerprint density at radius 2 is 2.23 bits per heavy atom. The van der Waals surface area contributed by atoms with Gasteiger partial charge in [-0.05, 0) is 6.42 Å². The molecule has 0 spiro atoms. The molecule has 5 heteroatoms. The second kappa shape index (κ2) is 3.46. The zero-order valence-electron chi connectivity index (χ0n) is 6.95. The van der Waals surface area contributed by atoms with Crippen LogP contribution in [0.15, 0.2) is 12.4 Å². The zero-order chi connectivity index (χ0) is 9.26. The van der Waals surface area contributed by atoms with E-state index in [1.54, 1.807) is 6.20 Å². The number of alkyl halides is 1. The Hall–Kier alpha value is -0.900. The fraction of sp³-hybridized carbons (Fsp3) is 0.500. The van der Waals surface area contributed by atoms with Crippen LogP contribution in [0.3, 0.4) is 0 Å². The summed E-state index contributed by atoms with van der Waals surface area (Å²) in [7, 11) is 0. The van der Waals surface area contributed by atoms with Crippen LogP contribution in [0.2, 0.25) is 5.15 Å². The summed E-state index contributed by atoms with van der Waals surface area (Å²) in [6.45, 7) is 1.04. The lowest BCUT2D eigenvalue weighted by molar-refractivity contribution is 0.364. The van der Waals surface area contributed by atoms with Crippen LogP contribution in [-0.4, -0.2) is 29.2 Å². The molecule has 1 aliphatic rings. The highest BCUT2D eigenvalue weighted by atomic mass is 35.5. The van der Waals surface area contributed by atoms with Gasteiger partial charge in [-0.25, -0.2) is 14.4 Å². The standard InChI is InChI=1S/C8H9ClFN3/c9-7-8(12-3-2-11-7)13-4-1-6(10)5-13/h2-3,6H,1,4-5H2/t6-/m1/s1. The van der Waals surface area contributed by atoms with E-state index >= 15 is 0 Å². The monoisotopic (exact) mass is 201 g/mol. The molecule has 0 aliphatic carbocycles. The Balaban J connectivity index is 2.21. The van der Waals surface area contributed by atoms with E-state index in [-0.39, 0.29) is 0 Å². The largest absolute Gasteiger partial charge is 0.351 e. The van der Waals surface area contributed by atoms with Crippen LogP contribution >= 0.6 is 11.6 Å². The van der Waals surface area contributed by atoms with E-state index in [0.29, 0.717) is 30.5 Å². The van der Waals surface area contributed by atoms with Gasteiger partial charge < -0.3 is 4.90 Å². The minimum atomic E-state index is -0.766. The van der Waals surface area contributed by atoms with Crippen LogP contribution in [0.5, 0.6) is 0 Å². The van der Waals surface area contributed by atoms with Crippen molar-refractivity contribution in [2.24, 2.45) is 0 Å². The van der Waals surface area contributed by atoms with Crippen molar-refractivity contribution in [3.05, 3.63) is 17.5 Å². The van der Waals surface area contributed by atoms with E-state index in [9.17, 15) is 4.39 Å². The average molecular weight is 202 g/mol. The number of halogens is 2. The number of aromatic nitrogens is 2. The summed E-state index contributed by atoms with van der Waals surface area (Å²) in [6, 6.07) is 0. The van der Waals surface area contributed by atoms with Crippen molar-refractivity contribution < 1.29 is 4.39 Å². The first-order valence-corrected chi connectivity index (χ1v) is 4.50. The molecule has 1 saturated heterocycles. The van der Waals surface area contributed by atoms with Crippen molar-refractivity contribution in [1.29, 1.82) is 0 Å². The quantitative estimate of drug-likeness (QED) is 0.692.